The summed E-state index contributed by atoms with van der Waals surface area (Å²) in [6.45, 7) is 0. The molecule has 164 valence electrons. The summed E-state index contributed by atoms with van der Waals surface area (Å²) in [7, 11) is 1.58. The molecular formula is C25H20FN5O2. The van der Waals surface area contributed by atoms with Crippen molar-refractivity contribution in [2.75, 3.05) is 17.3 Å². The Morgan fingerprint density at radius 2 is 1.73 bits per heavy atom. The lowest BCUT2D eigenvalue weighted by molar-refractivity contribution is -0.119. The molecule has 0 saturated heterocycles. The number of rotatable bonds is 4. The molecule has 0 bridgehead atoms. The number of benzene rings is 3. The van der Waals surface area contributed by atoms with E-state index in [0.717, 1.165) is 5.56 Å². The molecule has 1 heterocycles. The predicted octanol–water partition coefficient (Wildman–Crippen LogP) is 3.85. The smallest absolute Gasteiger partial charge is 0.311 e. The van der Waals surface area contributed by atoms with Gasteiger partial charge in [-0.1, -0.05) is 42.5 Å². The average molecular weight is 441 g/mol. The highest BCUT2D eigenvalue weighted by Gasteiger charge is 2.31. The minimum Gasteiger partial charge on any atom is -0.311 e. The standard InChI is InChI=1S/C25H20FN5O2/c1-31-21-9-5-3-7-19(21)22(18-6-2-4-8-20(18)26)29-23(24(31)32)30-25(33)28-17-12-10-16(11-13-17)14-15-27/h2-13,23H,14H2,1H3,(H2,28,30,33). The van der Waals surface area contributed by atoms with Crippen molar-refractivity contribution < 1.29 is 14.0 Å². The number of urea groups is 1. The molecule has 33 heavy (non-hydrogen) atoms. The summed E-state index contributed by atoms with van der Waals surface area (Å²) in [6.07, 6.45) is -1.00. The van der Waals surface area contributed by atoms with Gasteiger partial charge in [0.05, 0.1) is 23.9 Å². The first kappa shape index (κ1) is 21.7. The van der Waals surface area contributed by atoms with Gasteiger partial charge in [-0.3, -0.25) is 4.79 Å². The molecule has 0 fully saturated rings. The van der Waals surface area contributed by atoms with Crippen molar-refractivity contribution in [1.82, 2.24) is 5.32 Å². The second-order valence-electron chi connectivity index (χ2n) is 7.40. The summed E-state index contributed by atoms with van der Waals surface area (Å²) < 4.78 is 14.7. The maximum Gasteiger partial charge on any atom is 0.321 e. The van der Waals surface area contributed by atoms with E-state index in [1.165, 1.54) is 11.0 Å². The summed E-state index contributed by atoms with van der Waals surface area (Å²) in [4.78, 5) is 31.7. The fourth-order valence-corrected chi connectivity index (χ4v) is 3.57. The molecule has 3 amide bonds. The van der Waals surface area contributed by atoms with E-state index in [-0.39, 0.29) is 17.7 Å². The number of nitrogens with zero attached hydrogens (tertiary/aromatic N) is 3. The van der Waals surface area contributed by atoms with E-state index in [1.807, 2.05) is 0 Å². The van der Waals surface area contributed by atoms with Gasteiger partial charge in [0.2, 0.25) is 6.17 Å². The third kappa shape index (κ3) is 4.57. The molecule has 1 aliphatic heterocycles. The van der Waals surface area contributed by atoms with Gasteiger partial charge in [-0.25, -0.2) is 14.2 Å². The summed E-state index contributed by atoms with van der Waals surface area (Å²) in [5.41, 5.74) is 2.95. The Balaban J connectivity index is 1.65. The second kappa shape index (κ2) is 9.32. The van der Waals surface area contributed by atoms with Crippen LogP contribution in [0.2, 0.25) is 0 Å². The monoisotopic (exact) mass is 441 g/mol. The topological polar surface area (TPSA) is 97.6 Å². The molecule has 8 heteroatoms. The number of hydrogen-bond acceptors (Lipinski definition) is 4. The first-order chi connectivity index (χ1) is 16.0. The average Bonchev–Trinajstić information content (AvgIpc) is 2.92. The first-order valence-electron chi connectivity index (χ1n) is 10.2. The highest BCUT2D eigenvalue weighted by Crippen LogP contribution is 2.28. The molecule has 7 nitrogen and oxygen atoms in total. The van der Waals surface area contributed by atoms with Crippen LogP contribution in [0, 0.1) is 17.1 Å². The molecule has 0 aromatic heterocycles. The number of nitriles is 1. The Morgan fingerprint density at radius 3 is 2.42 bits per heavy atom. The number of amides is 3. The molecule has 3 aromatic rings. The first-order valence-corrected chi connectivity index (χ1v) is 10.2. The molecule has 0 radical (unpaired) electrons. The number of aliphatic imine (C=N–C) groups is 1. The van der Waals surface area contributed by atoms with Gasteiger partial charge in [0.1, 0.15) is 5.82 Å². The zero-order valence-electron chi connectivity index (χ0n) is 17.7. The van der Waals surface area contributed by atoms with Gasteiger partial charge < -0.3 is 15.5 Å². The number of likely N-dealkylation sites (N-methyl/N-ethyl adjacent to an activating group) is 1. The SMILES string of the molecule is CN1C(=O)C(NC(=O)Nc2ccc(CC#N)cc2)N=C(c2ccccc2F)c2ccccc21. The van der Waals surface area contributed by atoms with Gasteiger partial charge in [-0.2, -0.15) is 5.26 Å². The second-order valence-corrected chi connectivity index (χ2v) is 7.40. The normalized spacial score (nSPS) is 15.1. The maximum absolute atomic E-state index is 14.7. The van der Waals surface area contributed by atoms with Crippen LogP contribution in [0.4, 0.5) is 20.6 Å². The number of carbonyl (C=O) groups excluding carboxylic acids is 2. The van der Waals surface area contributed by atoms with Gasteiger partial charge in [-0.05, 0) is 35.9 Å². The van der Waals surface area contributed by atoms with Gasteiger partial charge in [0.25, 0.3) is 5.91 Å². The lowest BCUT2D eigenvalue weighted by Crippen LogP contribution is -2.47. The highest BCUT2D eigenvalue weighted by atomic mass is 19.1. The third-order valence-electron chi connectivity index (χ3n) is 5.23. The summed E-state index contributed by atoms with van der Waals surface area (Å²) in [6, 6.07) is 21.4. The van der Waals surface area contributed by atoms with Gasteiger partial charge in [-0.15, -0.1) is 0 Å². The van der Waals surface area contributed by atoms with E-state index in [1.54, 1.807) is 73.8 Å². The molecule has 0 spiro atoms. The minimum absolute atomic E-state index is 0.230. The number of para-hydroxylation sites is 1. The molecule has 4 rings (SSSR count). The van der Waals surface area contributed by atoms with Crippen molar-refractivity contribution in [1.29, 1.82) is 5.26 Å². The van der Waals surface area contributed by atoms with Crippen LogP contribution in [-0.2, 0) is 11.2 Å². The van der Waals surface area contributed by atoms with E-state index >= 15 is 0 Å². The zero-order chi connectivity index (χ0) is 23.4. The molecule has 0 aliphatic carbocycles. The fourth-order valence-electron chi connectivity index (χ4n) is 3.57. The zero-order valence-corrected chi connectivity index (χ0v) is 17.7. The highest BCUT2D eigenvalue weighted by molar-refractivity contribution is 6.20. The van der Waals surface area contributed by atoms with Crippen LogP contribution in [0.5, 0.6) is 0 Å². The van der Waals surface area contributed by atoms with E-state index < -0.39 is 23.9 Å². The van der Waals surface area contributed by atoms with E-state index in [9.17, 15) is 14.0 Å². The van der Waals surface area contributed by atoms with Crippen molar-refractivity contribution in [2.45, 2.75) is 12.6 Å². The molecule has 2 N–H and O–H groups in total. The summed E-state index contributed by atoms with van der Waals surface area (Å²) in [5.74, 6) is -0.947. The van der Waals surface area contributed by atoms with Crippen molar-refractivity contribution in [2.24, 2.45) is 4.99 Å². The van der Waals surface area contributed by atoms with Crippen LogP contribution in [0.1, 0.15) is 16.7 Å². The summed E-state index contributed by atoms with van der Waals surface area (Å²) >= 11 is 0. The quantitative estimate of drug-likeness (QED) is 0.643. The minimum atomic E-state index is -1.27. The largest absolute Gasteiger partial charge is 0.321 e. The van der Waals surface area contributed by atoms with Gasteiger partial charge >= 0.3 is 6.03 Å². The molecule has 3 aromatic carbocycles. The van der Waals surface area contributed by atoms with Crippen molar-refractivity contribution >= 4 is 29.0 Å². The maximum atomic E-state index is 14.7. The lowest BCUT2D eigenvalue weighted by atomic mass is 10.00. The van der Waals surface area contributed by atoms with Crippen LogP contribution in [0.25, 0.3) is 0 Å². The van der Waals surface area contributed by atoms with Gasteiger partial charge in [0, 0.05) is 23.9 Å². The van der Waals surface area contributed by atoms with E-state index in [2.05, 4.69) is 21.7 Å². The Kier molecular flexibility index (Phi) is 6.13. The number of anilines is 2. The number of hydrogen-bond donors (Lipinski definition) is 2. The molecule has 0 saturated carbocycles. The van der Waals surface area contributed by atoms with Crippen LogP contribution in [0.15, 0.2) is 77.8 Å². The fraction of sp³-hybridized carbons (Fsp3) is 0.120. The number of benzodiazepines with no additional fused rings is 1. The van der Waals surface area contributed by atoms with Gasteiger partial charge in [0.15, 0.2) is 0 Å². The Labute approximate surface area is 190 Å². The van der Waals surface area contributed by atoms with Crippen molar-refractivity contribution in [3.63, 3.8) is 0 Å². The molecular weight excluding hydrogens is 421 g/mol. The summed E-state index contributed by atoms with van der Waals surface area (Å²) in [5, 5.41) is 14.0. The lowest BCUT2D eigenvalue weighted by Gasteiger charge is -2.21. The van der Waals surface area contributed by atoms with Crippen LogP contribution in [-0.4, -0.2) is 30.9 Å². The van der Waals surface area contributed by atoms with E-state index in [4.69, 9.17) is 5.26 Å². The Morgan fingerprint density at radius 1 is 1.06 bits per heavy atom. The third-order valence-corrected chi connectivity index (χ3v) is 5.23. The Hall–Kier alpha value is -4.51. The van der Waals surface area contributed by atoms with Crippen LogP contribution < -0.4 is 15.5 Å². The number of carbonyl (C=O) groups is 2. The number of nitrogens with one attached hydrogen (secondary N) is 2. The van der Waals surface area contributed by atoms with Crippen LogP contribution in [0.3, 0.4) is 0 Å². The van der Waals surface area contributed by atoms with E-state index in [0.29, 0.717) is 16.9 Å². The van der Waals surface area contributed by atoms with Crippen LogP contribution >= 0.6 is 0 Å². The predicted molar refractivity (Wildman–Crippen MR) is 124 cm³/mol. The van der Waals surface area contributed by atoms with Crippen molar-refractivity contribution in [3.05, 3.63) is 95.3 Å². The Bertz CT molecular complexity index is 1280. The van der Waals surface area contributed by atoms with Crippen molar-refractivity contribution in [3.8, 4) is 6.07 Å². The number of halogens is 1. The number of fused-ring (bicyclic) bond motifs is 1. The molecule has 1 aliphatic rings. The molecule has 1 unspecified atom stereocenters. The molecule has 1 atom stereocenters.